The Morgan fingerprint density at radius 1 is 1.10 bits per heavy atom. The van der Waals surface area contributed by atoms with Crippen molar-refractivity contribution >= 4 is 28.9 Å². The second kappa shape index (κ2) is 8.40. The summed E-state index contributed by atoms with van der Waals surface area (Å²) in [7, 11) is 0. The second-order valence-corrected chi connectivity index (χ2v) is 8.67. The molecule has 0 amide bonds. The van der Waals surface area contributed by atoms with E-state index >= 15 is 0 Å². The Bertz CT molecular complexity index is 1080. The minimum absolute atomic E-state index is 0.0114. The summed E-state index contributed by atoms with van der Waals surface area (Å²) in [5.74, 6) is 0. The first-order valence-electron chi connectivity index (χ1n) is 10.4. The number of halogens is 1. The average molecular weight is 439 g/mol. The van der Waals surface area contributed by atoms with E-state index in [2.05, 4.69) is 59.6 Å². The first-order chi connectivity index (χ1) is 14.4. The Morgan fingerprint density at radius 2 is 1.90 bits per heavy atom. The van der Waals surface area contributed by atoms with Crippen molar-refractivity contribution in [3.8, 4) is 5.69 Å². The molecule has 2 atom stereocenters. The zero-order chi connectivity index (χ0) is 21.4. The number of pyridine rings is 1. The van der Waals surface area contributed by atoms with Crippen molar-refractivity contribution in [1.82, 2.24) is 19.8 Å². The van der Waals surface area contributed by atoms with Gasteiger partial charge in [0.05, 0.1) is 17.8 Å². The Balaban J connectivity index is 1.89. The van der Waals surface area contributed by atoms with Crippen molar-refractivity contribution in [3.63, 3.8) is 0 Å². The molecule has 0 unspecified atom stereocenters. The molecular weight excluding hydrogens is 412 g/mol. The molecule has 1 aromatic carbocycles. The third kappa shape index (κ3) is 3.50. The van der Waals surface area contributed by atoms with Gasteiger partial charge in [-0.15, -0.1) is 0 Å². The number of nitrogens with one attached hydrogen (secondary N) is 1. The highest BCUT2D eigenvalue weighted by molar-refractivity contribution is 7.80. The maximum Gasteiger partial charge on any atom is 0.170 e. The topological polar surface area (TPSA) is 33.1 Å². The minimum Gasteiger partial charge on any atom is -0.352 e. The highest BCUT2D eigenvalue weighted by atomic mass is 35.5. The summed E-state index contributed by atoms with van der Waals surface area (Å²) in [5.41, 5.74) is 7.12. The predicted octanol–water partition coefficient (Wildman–Crippen LogP) is 5.83. The molecular formula is C24H27ClN4S. The maximum absolute atomic E-state index is 6.30. The van der Waals surface area contributed by atoms with Crippen molar-refractivity contribution in [3.05, 3.63) is 81.9 Å². The summed E-state index contributed by atoms with van der Waals surface area (Å²) in [6.45, 7) is 9.67. The first-order valence-corrected chi connectivity index (χ1v) is 11.1. The smallest absolute Gasteiger partial charge is 0.170 e. The summed E-state index contributed by atoms with van der Waals surface area (Å²) in [6, 6.07) is 14.2. The molecule has 3 heterocycles. The van der Waals surface area contributed by atoms with Crippen LogP contribution < -0.4 is 5.32 Å². The van der Waals surface area contributed by atoms with Crippen LogP contribution in [0.5, 0.6) is 0 Å². The van der Waals surface area contributed by atoms with Crippen molar-refractivity contribution in [2.45, 2.75) is 46.2 Å². The van der Waals surface area contributed by atoms with Gasteiger partial charge < -0.3 is 14.8 Å². The van der Waals surface area contributed by atoms with Gasteiger partial charge in [0.25, 0.3) is 0 Å². The molecule has 1 aliphatic heterocycles. The zero-order valence-electron chi connectivity index (χ0n) is 17.8. The fourth-order valence-corrected chi connectivity index (χ4v) is 5.16. The molecule has 0 aliphatic carbocycles. The molecule has 0 bridgehead atoms. The summed E-state index contributed by atoms with van der Waals surface area (Å²) in [5, 5.41) is 5.08. The molecule has 6 heteroatoms. The van der Waals surface area contributed by atoms with E-state index in [1.165, 1.54) is 22.5 Å². The van der Waals surface area contributed by atoms with Crippen LogP contribution in [-0.4, -0.2) is 26.1 Å². The number of hydrogen-bond acceptors (Lipinski definition) is 2. The van der Waals surface area contributed by atoms with Crippen molar-refractivity contribution < 1.29 is 0 Å². The lowest BCUT2D eigenvalue weighted by atomic mass is 9.93. The molecule has 1 N–H and O–H groups in total. The Labute approximate surface area is 188 Å². The molecule has 1 aliphatic rings. The number of nitrogens with zero attached hydrogens (tertiary/aromatic N) is 3. The van der Waals surface area contributed by atoms with Gasteiger partial charge in [-0.1, -0.05) is 30.7 Å². The van der Waals surface area contributed by atoms with E-state index in [-0.39, 0.29) is 12.1 Å². The van der Waals surface area contributed by atoms with Crippen LogP contribution in [0, 0.1) is 20.8 Å². The molecule has 4 rings (SSSR count). The lowest BCUT2D eigenvalue weighted by Gasteiger charge is -2.28. The average Bonchev–Trinajstić information content (AvgIpc) is 3.16. The number of rotatable bonds is 5. The van der Waals surface area contributed by atoms with Gasteiger partial charge in [0.15, 0.2) is 5.11 Å². The monoisotopic (exact) mass is 438 g/mol. The maximum atomic E-state index is 6.30. The summed E-state index contributed by atoms with van der Waals surface area (Å²) in [6.07, 6.45) is 2.88. The lowest BCUT2D eigenvalue weighted by molar-refractivity contribution is 0.315. The van der Waals surface area contributed by atoms with Crippen LogP contribution in [0.25, 0.3) is 5.69 Å². The van der Waals surface area contributed by atoms with Crippen LogP contribution in [0.4, 0.5) is 0 Å². The molecule has 1 fully saturated rings. The quantitative estimate of drug-likeness (QED) is 0.508. The van der Waals surface area contributed by atoms with E-state index in [1.54, 1.807) is 0 Å². The number of hydrogen-bond donors (Lipinski definition) is 1. The second-order valence-electron chi connectivity index (χ2n) is 7.84. The molecule has 1 saturated heterocycles. The molecule has 30 heavy (non-hydrogen) atoms. The van der Waals surface area contributed by atoms with Gasteiger partial charge in [-0.05, 0) is 75.3 Å². The van der Waals surface area contributed by atoms with Gasteiger partial charge in [-0.2, -0.15) is 0 Å². The number of benzene rings is 1. The molecule has 4 nitrogen and oxygen atoms in total. The van der Waals surface area contributed by atoms with Crippen LogP contribution in [0.3, 0.4) is 0 Å². The number of thiocarbonyl (C=S) groups is 1. The van der Waals surface area contributed by atoms with E-state index < -0.39 is 0 Å². The molecule has 156 valence electrons. The van der Waals surface area contributed by atoms with Gasteiger partial charge in [-0.25, -0.2) is 0 Å². The van der Waals surface area contributed by atoms with Crippen LogP contribution in [0.1, 0.15) is 53.6 Å². The van der Waals surface area contributed by atoms with E-state index in [1.807, 2.05) is 36.5 Å². The lowest BCUT2D eigenvalue weighted by Crippen LogP contribution is -2.30. The SMILES string of the molecule is CCCN1C(=S)N[C@@H](c2ccccn2)[C@@H]1c1c(C)c(C)n(-c2cccc(Cl)c2)c1C. The molecule has 0 spiro atoms. The normalized spacial score (nSPS) is 18.7. The van der Waals surface area contributed by atoms with E-state index in [4.69, 9.17) is 23.8 Å². The predicted molar refractivity (Wildman–Crippen MR) is 127 cm³/mol. The van der Waals surface area contributed by atoms with Gasteiger partial charge in [0.1, 0.15) is 0 Å². The molecule has 3 aromatic rings. The highest BCUT2D eigenvalue weighted by Crippen LogP contribution is 2.43. The van der Waals surface area contributed by atoms with Crippen LogP contribution >= 0.6 is 23.8 Å². The van der Waals surface area contributed by atoms with Crippen molar-refractivity contribution in [2.24, 2.45) is 0 Å². The summed E-state index contributed by atoms with van der Waals surface area (Å²) < 4.78 is 2.30. The number of aromatic nitrogens is 2. The van der Waals surface area contributed by atoms with Gasteiger partial charge >= 0.3 is 0 Å². The Hall–Kier alpha value is -2.37. The van der Waals surface area contributed by atoms with Crippen molar-refractivity contribution in [2.75, 3.05) is 6.54 Å². The van der Waals surface area contributed by atoms with Gasteiger partial charge in [0, 0.05) is 40.4 Å². The summed E-state index contributed by atoms with van der Waals surface area (Å²) in [4.78, 5) is 6.98. The van der Waals surface area contributed by atoms with Crippen LogP contribution in [-0.2, 0) is 0 Å². The van der Waals surface area contributed by atoms with Crippen molar-refractivity contribution in [1.29, 1.82) is 0 Å². The summed E-state index contributed by atoms with van der Waals surface area (Å²) >= 11 is 12.1. The fraction of sp³-hybridized carbons (Fsp3) is 0.333. The fourth-order valence-electron chi connectivity index (χ4n) is 4.65. The molecule has 2 aromatic heterocycles. The largest absolute Gasteiger partial charge is 0.352 e. The first kappa shape index (κ1) is 20.9. The third-order valence-electron chi connectivity index (χ3n) is 6.03. The van der Waals surface area contributed by atoms with E-state index in [0.717, 1.165) is 34.5 Å². The highest BCUT2D eigenvalue weighted by Gasteiger charge is 2.42. The Morgan fingerprint density at radius 3 is 2.57 bits per heavy atom. The van der Waals surface area contributed by atoms with Crippen LogP contribution in [0.15, 0.2) is 48.7 Å². The van der Waals surface area contributed by atoms with Gasteiger partial charge in [0.2, 0.25) is 0 Å². The van der Waals surface area contributed by atoms with E-state index in [9.17, 15) is 0 Å². The molecule has 0 saturated carbocycles. The Kier molecular flexibility index (Phi) is 5.85. The minimum atomic E-state index is 0.0114. The van der Waals surface area contributed by atoms with E-state index in [0.29, 0.717) is 0 Å². The third-order valence-corrected chi connectivity index (χ3v) is 6.62. The zero-order valence-corrected chi connectivity index (χ0v) is 19.4. The standard InChI is InChI=1S/C24H27ClN4S/c1-5-13-28-23(22(27-24(28)30)20-11-6-7-12-26-20)21-15(2)16(3)29(17(21)4)19-10-8-9-18(25)14-19/h6-12,14,22-23H,5,13H2,1-4H3,(H,27,30)/t22-,23-/m0/s1. The molecule has 0 radical (unpaired) electrons. The van der Waals surface area contributed by atoms with Gasteiger partial charge in [-0.3, -0.25) is 4.98 Å². The van der Waals surface area contributed by atoms with Crippen LogP contribution in [0.2, 0.25) is 5.02 Å².